The lowest BCUT2D eigenvalue weighted by atomic mass is 9.99. The Morgan fingerprint density at radius 2 is 2.13 bits per heavy atom. The zero-order valence-electron chi connectivity index (χ0n) is 8.37. The summed E-state index contributed by atoms with van der Waals surface area (Å²) in [6.07, 6.45) is 1.64. The van der Waals surface area contributed by atoms with Gasteiger partial charge in [0, 0.05) is 16.2 Å². The van der Waals surface area contributed by atoms with Gasteiger partial charge in [-0.15, -0.1) is 0 Å². The van der Waals surface area contributed by atoms with Crippen molar-refractivity contribution in [1.29, 1.82) is 0 Å². The van der Waals surface area contributed by atoms with Crippen LogP contribution < -0.4 is 0 Å². The first-order chi connectivity index (χ1) is 7.18. The van der Waals surface area contributed by atoms with Crippen molar-refractivity contribution < 1.29 is 9.53 Å². The van der Waals surface area contributed by atoms with Crippen LogP contribution in [0.15, 0.2) is 36.1 Å². The molecular formula is C12H11ClO2. The molecule has 0 aromatic heterocycles. The van der Waals surface area contributed by atoms with Crippen molar-refractivity contribution in [3.05, 3.63) is 46.7 Å². The summed E-state index contributed by atoms with van der Waals surface area (Å²) >= 11 is 6.03. The molecule has 0 bridgehead atoms. The van der Waals surface area contributed by atoms with Gasteiger partial charge in [-0.3, -0.25) is 4.79 Å². The van der Waals surface area contributed by atoms with E-state index in [4.69, 9.17) is 16.3 Å². The Balaban J connectivity index is 2.28. The average Bonchev–Trinajstić information content (AvgIpc) is 2.23. The fourth-order valence-corrected chi connectivity index (χ4v) is 1.80. The molecule has 3 heteroatoms. The van der Waals surface area contributed by atoms with Gasteiger partial charge in [0.05, 0.1) is 12.7 Å². The molecular weight excluding hydrogens is 212 g/mol. The molecule has 0 N–H and O–H groups in total. The summed E-state index contributed by atoms with van der Waals surface area (Å²) in [5, 5.41) is 0.642. The second kappa shape index (κ2) is 4.07. The third-order valence-corrected chi connectivity index (χ3v) is 2.82. The molecule has 0 spiro atoms. The normalized spacial score (nSPS) is 20.8. The van der Waals surface area contributed by atoms with E-state index in [-0.39, 0.29) is 11.9 Å². The smallest absolute Gasteiger partial charge is 0.165 e. The Morgan fingerprint density at radius 1 is 1.40 bits per heavy atom. The highest BCUT2D eigenvalue weighted by molar-refractivity contribution is 6.31. The summed E-state index contributed by atoms with van der Waals surface area (Å²) in [5.41, 5.74) is 1.54. The number of hydrogen-bond acceptors (Lipinski definition) is 2. The molecule has 2 rings (SSSR count). The molecule has 2 nitrogen and oxygen atoms in total. The van der Waals surface area contributed by atoms with Crippen LogP contribution in [0.4, 0.5) is 0 Å². The molecule has 1 atom stereocenters. The molecule has 0 fully saturated rings. The SMILES string of the molecule is CC1=COC(c2ccccc2Cl)CC1=O. The molecule has 0 radical (unpaired) electrons. The van der Waals surface area contributed by atoms with E-state index < -0.39 is 0 Å². The number of allylic oxidation sites excluding steroid dienone is 1. The number of Topliss-reactive ketones (excluding diaryl/α,β-unsaturated/α-hetero) is 1. The van der Waals surface area contributed by atoms with E-state index in [1.165, 1.54) is 6.26 Å². The molecule has 1 aliphatic rings. The lowest BCUT2D eigenvalue weighted by molar-refractivity contribution is -0.119. The average molecular weight is 223 g/mol. The van der Waals surface area contributed by atoms with Crippen LogP contribution in [-0.4, -0.2) is 5.78 Å². The van der Waals surface area contributed by atoms with Gasteiger partial charge >= 0.3 is 0 Å². The highest BCUT2D eigenvalue weighted by Gasteiger charge is 2.23. The van der Waals surface area contributed by atoms with Gasteiger partial charge < -0.3 is 4.74 Å². The fraction of sp³-hybridized carbons (Fsp3) is 0.250. The Kier molecular flexibility index (Phi) is 2.78. The predicted octanol–water partition coefficient (Wildman–Crippen LogP) is 3.27. The largest absolute Gasteiger partial charge is 0.492 e. The van der Waals surface area contributed by atoms with E-state index in [9.17, 15) is 4.79 Å². The van der Waals surface area contributed by atoms with Crippen LogP contribution in [0.25, 0.3) is 0 Å². The molecule has 0 aliphatic carbocycles. The minimum absolute atomic E-state index is 0.117. The minimum Gasteiger partial charge on any atom is -0.492 e. The van der Waals surface area contributed by atoms with Crippen LogP contribution in [0, 0.1) is 0 Å². The molecule has 1 heterocycles. The van der Waals surface area contributed by atoms with E-state index in [0.717, 1.165) is 5.56 Å². The Hall–Kier alpha value is -1.28. The Labute approximate surface area is 93.5 Å². The van der Waals surface area contributed by atoms with Crippen molar-refractivity contribution in [2.24, 2.45) is 0 Å². The molecule has 1 unspecified atom stereocenters. The van der Waals surface area contributed by atoms with E-state index >= 15 is 0 Å². The molecule has 0 saturated heterocycles. The van der Waals surface area contributed by atoms with Crippen LogP contribution in [0.1, 0.15) is 25.0 Å². The molecule has 1 aromatic rings. The van der Waals surface area contributed by atoms with Crippen LogP contribution in [-0.2, 0) is 9.53 Å². The van der Waals surface area contributed by atoms with Gasteiger partial charge in [-0.2, -0.15) is 0 Å². The summed E-state index contributed by atoms with van der Waals surface area (Å²) in [6, 6.07) is 7.43. The van der Waals surface area contributed by atoms with Gasteiger partial charge in [0.2, 0.25) is 0 Å². The van der Waals surface area contributed by atoms with E-state index in [2.05, 4.69) is 0 Å². The summed E-state index contributed by atoms with van der Waals surface area (Å²) in [5.74, 6) is 0.117. The van der Waals surface area contributed by atoms with Gasteiger partial charge in [-0.1, -0.05) is 29.8 Å². The summed E-state index contributed by atoms with van der Waals surface area (Å²) < 4.78 is 5.46. The number of halogens is 1. The van der Waals surface area contributed by atoms with Crippen molar-refractivity contribution in [2.75, 3.05) is 0 Å². The Morgan fingerprint density at radius 3 is 2.80 bits per heavy atom. The monoisotopic (exact) mass is 222 g/mol. The standard InChI is InChI=1S/C12H11ClO2/c1-8-7-15-12(6-11(8)14)9-4-2-3-5-10(9)13/h2-5,7,12H,6H2,1H3. The van der Waals surface area contributed by atoms with E-state index in [0.29, 0.717) is 17.0 Å². The van der Waals surface area contributed by atoms with Crippen LogP contribution in [0.3, 0.4) is 0 Å². The van der Waals surface area contributed by atoms with Crippen molar-refractivity contribution in [1.82, 2.24) is 0 Å². The lowest BCUT2D eigenvalue weighted by Gasteiger charge is -2.21. The number of carbonyl (C=O) groups excluding carboxylic acids is 1. The molecule has 1 aromatic carbocycles. The maximum atomic E-state index is 11.5. The van der Waals surface area contributed by atoms with E-state index in [1.807, 2.05) is 18.2 Å². The minimum atomic E-state index is -0.241. The van der Waals surface area contributed by atoms with Crippen molar-refractivity contribution in [2.45, 2.75) is 19.4 Å². The first-order valence-electron chi connectivity index (χ1n) is 4.78. The topological polar surface area (TPSA) is 26.3 Å². The van der Waals surface area contributed by atoms with Crippen LogP contribution in [0.5, 0.6) is 0 Å². The number of rotatable bonds is 1. The number of carbonyl (C=O) groups is 1. The van der Waals surface area contributed by atoms with Crippen molar-refractivity contribution in [3.8, 4) is 0 Å². The summed E-state index contributed by atoms with van der Waals surface area (Å²) in [4.78, 5) is 11.5. The van der Waals surface area contributed by atoms with Crippen LogP contribution >= 0.6 is 11.6 Å². The quantitative estimate of drug-likeness (QED) is 0.729. The Bertz CT molecular complexity index is 423. The molecule has 15 heavy (non-hydrogen) atoms. The van der Waals surface area contributed by atoms with E-state index in [1.54, 1.807) is 13.0 Å². The third-order valence-electron chi connectivity index (χ3n) is 2.47. The predicted molar refractivity (Wildman–Crippen MR) is 58.7 cm³/mol. The number of hydrogen-bond donors (Lipinski definition) is 0. The molecule has 0 saturated carbocycles. The number of benzene rings is 1. The van der Waals surface area contributed by atoms with Crippen LogP contribution in [0.2, 0.25) is 5.02 Å². The summed E-state index contributed by atoms with van der Waals surface area (Å²) in [7, 11) is 0. The van der Waals surface area contributed by atoms with Crippen molar-refractivity contribution >= 4 is 17.4 Å². The zero-order chi connectivity index (χ0) is 10.8. The van der Waals surface area contributed by atoms with Gasteiger partial charge in [0.15, 0.2) is 5.78 Å². The maximum absolute atomic E-state index is 11.5. The number of ketones is 1. The molecule has 78 valence electrons. The van der Waals surface area contributed by atoms with Gasteiger partial charge in [0.25, 0.3) is 0 Å². The van der Waals surface area contributed by atoms with Gasteiger partial charge in [-0.05, 0) is 13.0 Å². The second-order valence-corrected chi connectivity index (χ2v) is 3.98. The first-order valence-corrected chi connectivity index (χ1v) is 5.16. The maximum Gasteiger partial charge on any atom is 0.165 e. The summed E-state index contributed by atoms with van der Waals surface area (Å²) in [6.45, 7) is 1.76. The fourth-order valence-electron chi connectivity index (χ4n) is 1.55. The number of ether oxygens (including phenoxy) is 1. The highest BCUT2D eigenvalue weighted by atomic mass is 35.5. The molecule has 0 amide bonds. The zero-order valence-corrected chi connectivity index (χ0v) is 9.12. The molecule has 1 aliphatic heterocycles. The van der Waals surface area contributed by atoms with Gasteiger partial charge in [-0.25, -0.2) is 0 Å². The second-order valence-electron chi connectivity index (χ2n) is 3.57. The highest BCUT2D eigenvalue weighted by Crippen LogP contribution is 2.31. The first kappa shape index (κ1) is 10.2. The van der Waals surface area contributed by atoms with Gasteiger partial charge in [0.1, 0.15) is 6.10 Å². The third kappa shape index (κ3) is 2.05. The lowest BCUT2D eigenvalue weighted by Crippen LogP contribution is -2.15. The van der Waals surface area contributed by atoms with Crippen molar-refractivity contribution in [3.63, 3.8) is 0 Å².